The highest BCUT2D eigenvalue weighted by atomic mass is 35.5. The molecule has 3 aromatic rings. The number of carbonyl (C=O) groups is 1. The van der Waals surface area contributed by atoms with E-state index in [-0.39, 0.29) is 5.69 Å². The highest BCUT2D eigenvalue weighted by Crippen LogP contribution is 2.30. The number of carboxylic acid groups (broad SMARTS) is 1. The van der Waals surface area contributed by atoms with Crippen LogP contribution in [0.4, 0.5) is 0 Å². The lowest BCUT2D eigenvalue weighted by molar-refractivity contribution is 0.0691. The SMILES string of the molecule is O=C(O)c1cc(Cl)c2cccc(OCc3ccccc3)c2n1. The maximum atomic E-state index is 11.1. The normalized spacial score (nSPS) is 10.6. The molecule has 110 valence electrons. The molecule has 0 bridgehead atoms. The summed E-state index contributed by atoms with van der Waals surface area (Å²) < 4.78 is 5.78. The monoisotopic (exact) mass is 313 g/mol. The number of fused-ring (bicyclic) bond motifs is 1. The van der Waals surface area contributed by atoms with Gasteiger partial charge in [-0.05, 0) is 17.7 Å². The van der Waals surface area contributed by atoms with Crippen LogP contribution in [0.15, 0.2) is 54.6 Å². The molecule has 0 unspecified atom stereocenters. The van der Waals surface area contributed by atoms with E-state index in [9.17, 15) is 4.79 Å². The van der Waals surface area contributed by atoms with Gasteiger partial charge in [0, 0.05) is 5.39 Å². The predicted octanol–water partition coefficient (Wildman–Crippen LogP) is 4.17. The Hall–Kier alpha value is -2.59. The van der Waals surface area contributed by atoms with E-state index in [2.05, 4.69) is 4.98 Å². The molecule has 0 atom stereocenters. The van der Waals surface area contributed by atoms with Crippen molar-refractivity contribution in [2.75, 3.05) is 0 Å². The van der Waals surface area contributed by atoms with Crippen LogP contribution < -0.4 is 4.74 Å². The van der Waals surface area contributed by atoms with E-state index in [4.69, 9.17) is 21.4 Å². The molecular formula is C17H12ClNO3. The summed E-state index contributed by atoms with van der Waals surface area (Å²) in [5.74, 6) is -0.618. The molecule has 0 saturated heterocycles. The van der Waals surface area contributed by atoms with Crippen LogP contribution in [0.5, 0.6) is 5.75 Å². The van der Waals surface area contributed by atoms with Crippen molar-refractivity contribution in [3.8, 4) is 5.75 Å². The zero-order chi connectivity index (χ0) is 15.5. The first-order chi connectivity index (χ1) is 10.6. The van der Waals surface area contributed by atoms with E-state index in [1.807, 2.05) is 30.3 Å². The number of para-hydroxylation sites is 1. The van der Waals surface area contributed by atoms with Gasteiger partial charge in [0.1, 0.15) is 17.9 Å². The Labute approximate surface area is 131 Å². The first kappa shape index (κ1) is 14.4. The fourth-order valence-corrected chi connectivity index (χ4v) is 2.40. The molecule has 4 nitrogen and oxygen atoms in total. The first-order valence-electron chi connectivity index (χ1n) is 6.64. The summed E-state index contributed by atoms with van der Waals surface area (Å²) in [7, 11) is 0. The minimum Gasteiger partial charge on any atom is -0.487 e. The lowest BCUT2D eigenvalue weighted by Gasteiger charge is -2.10. The fraction of sp³-hybridized carbons (Fsp3) is 0.0588. The van der Waals surface area contributed by atoms with Crippen LogP contribution in [-0.2, 0) is 6.61 Å². The number of rotatable bonds is 4. The van der Waals surface area contributed by atoms with Gasteiger partial charge in [0.05, 0.1) is 5.02 Å². The summed E-state index contributed by atoms with van der Waals surface area (Å²) in [6, 6.07) is 16.4. The molecule has 0 spiro atoms. The molecule has 3 rings (SSSR count). The van der Waals surface area contributed by atoms with Crippen LogP contribution >= 0.6 is 11.6 Å². The fourth-order valence-electron chi connectivity index (χ4n) is 2.14. The summed E-state index contributed by atoms with van der Waals surface area (Å²) in [6.45, 7) is 0.372. The maximum absolute atomic E-state index is 11.1. The van der Waals surface area contributed by atoms with Crippen LogP contribution in [-0.4, -0.2) is 16.1 Å². The lowest BCUT2D eigenvalue weighted by Crippen LogP contribution is -2.02. The number of pyridine rings is 1. The number of nitrogens with zero attached hydrogens (tertiary/aromatic N) is 1. The molecule has 22 heavy (non-hydrogen) atoms. The largest absolute Gasteiger partial charge is 0.487 e. The second-order valence-corrected chi connectivity index (χ2v) is 5.13. The van der Waals surface area contributed by atoms with Crippen LogP contribution in [0.2, 0.25) is 5.02 Å². The number of ether oxygens (including phenoxy) is 1. The smallest absolute Gasteiger partial charge is 0.354 e. The van der Waals surface area contributed by atoms with Gasteiger partial charge in [-0.2, -0.15) is 0 Å². The first-order valence-corrected chi connectivity index (χ1v) is 7.02. The van der Waals surface area contributed by atoms with Gasteiger partial charge in [-0.15, -0.1) is 0 Å². The average molecular weight is 314 g/mol. The molecule has 1 heterocycles. The lowest BCUT2D eigenvalue weighted by atomic mass is 10.2. The number of hydrogen-bond acceptors (Lipinski definition) is 3. The van der Waals surface area contributed by atoms with Crippen LogP contribution in [0.1, 0.15) is 16.1 Å². The standard InChI is InChI=1S/C17H12ClNO3/c18-13-9-14(17(20)21)19-16-12(13)7-4-8-15(16)22-10-11-5-2-1-3-6-11/h1-9H,10H2,(H,20,21). The van der Waals surface area contributed by atoms with Crippen molar-refractivity contribution in [2.24, 2.45) is 0 Å². The Morgan fingerprint density at radius 3 is 2.64 bits per heavy atom. The Balaban J connectivity index is 2.00. The number of halogens is 1. The minimum absolute atomic E-state index is 0.103. The van der Waals surface area contributed by atoms with Crippen molar-refractivity contribution >= 4 is 28.5 Å². The summed E-state index contributed by atoms with van der Waals surface area (Å²) in [4.78, 5) is 15.3. The zero-order valence-corrected chi connectivity index (χ0v) is 12.2. The van der Waals surface area contributed by atoms with Gasteiger partial charge < -0.3 is 9.84 Å². The summed E-state index contributed by atoms with van der Waals surface area (Å²) in [5.41, 5.74) is 1.36. The third-order valence-corrected chi connectivity index (χ3v) is 3.52. The van der Waals surface area contributed by atoms with Crippen molar-refractivity contribution in [3.63, 3.8) is 0 Å². The molecular weight excluding hydrogens is 302 g/mol. The second-order valence-electron chi connectivity index (χ2n) is 4.72. The van der Waals surface area contributed by atoms with Crippen molar-refractivity contribution in [1.29, 1.82) is 0 Å². The number of aromatic nitrogens is 1. The topological polar surface area (TPSA) is 59.4 Å². The number of carboxylic acids is 1. The molecule has 0 radical (unpaired) electrons. The van der Waals surface area contributed by atoms with E-state index >= 15 is 0 Å². The quantitative estimate of drug-likeness (QED) is 0.785. The van der Waals surface area contributed by atoms with Gasteiger partial charge in [0.15, 0.2) is 5.69 Å². The zero-order valence-electron chi connectivity index (χ0n) is 11.5. The Morgan fingerprint density at radius 1 is 1.14 bits per heavy atom. The van der Waals surface area contributed by atoms with E-state index < -0.39 is 5.97 Å². The van der Waals surface area contributed by atoms with Gasteiger partial charge in [-0.3, -0.25) is 0 Å². The van der Waals surface area contributed by atoms with Crippen molar-refractivity contribution in [3.05, 3.63) is 70.9 Å². The highest BCUT2D eigenvalue weighted by molar-refractivity contribution is 6.35. The number of hydrogen-bond donors (Lipinski definition) is 1. The van der Waals surface area contributed by atoms with Gasteiger partial charge in [-0.25, -0.2) is 9.78 Å². The molecule has 0 aliphatic rings. The highest BCUT2D eigenvalue weighted by Gasteiger charge is 2.13. The van der Waals surface area contributed by atoms with Crippen LogP contribution in [0.25, 0.3) is 10.9 Å². The summed E-state index contributed by atoms with van der Waals surface area (Å²) >= 11 is 6.14. The van der Waals surface area contributed by atoms with E-state index in [1.54, 1.807) is 18.2 Å². The summed E-state index contributed by atoms with van der Waals surface area (Å²) in [5, 5.41) is 10.1. The van der Waals surface area contributed by atoms with E-state index in [0.29, 0.717) is 28.3 Å². The van der Waals surface area contributed by atoms with Gasteiger partial charge in [0.25, 0.3) is 0 Å². The third-order valence-electron chi connectivity index (χ3n) is 3.21. The molecule has 1 aromatic heterocycles. The Kier molecular flexibility index (Phi) is 3.94. The third kappa shape index (κ3) is 2.87. The van der Waals surface area contributed by atoms with Gasteiger partial charge in [0.2, 0.25) is 0 Å². The Morgan fingerprint density at radius 2 is 1.91 bits per heavy atom. The van der Waals surface area contributed by atoms with Crippen LogP contribution in [0.3, 0.4) is 0 Å². The second kappa shape index (κ2) is 6.03. The maximum Gasteiger partial charge on any atom is 0.354 e. The van der Waals surface area contributed by atoms with Crippen molar-refractivity contribution in [2.45, 2.75) is 6.61 Å². The average Bonchev–Trinajstić information content (AvgIpc) is 2.54. The van der Waals surface area contributed by atoms with Crippen LogP contribution in [0, 0.1) is 0 Å². The van der Waals surface area contributed by atoms with Gasteiger partial charge in [-0.1, -0.05) is 54.1 Å². The molecule has 5 heteroatoms. The van der Waals surface area contributed by atoms with E-state index in [1.165, 1.54) is 6.07 Å². The molecule has 0 aliphatic carbocycles. The predicted molar refractivity (Wildman–Crippen MR) is 84.5 cm³/mol. The number of aromatic carboxylic acids is 1. The van der Waals surface area contributed by atoms with Crippen molar-refractivity contribution in [1.82, 2.24) is 4.98 Å². The molecule has 0 amide bonds. The summed E-state index contributed by atoms with van der Waals surface area (Å²) in [6.07, 6.45) is 0. The molecule has 0 saturated carbocycles. The van der Waals surface area contributed by atoms with E-state index in [0.717, 1.165) is 5.56 Å². The molecule has 0 aliphatic heterocycles. The molecule has 2 aromatic carbocycles. The number of benzene rings is 2. The Bertz CT molecular complexity index is 834. The molecule has 1 N–H and O–H groups in total. The van der Waals surface area contributed by atoms with Gasteiger partial charge >= 0.3 is 5.97 Å². The minimum atomic E-state index is -1.12. The van der Waals surface area contributed by atoms with Crippen molar-refractivity contribution < 1.29 is 14.6 Å². The molecule has 0 fully saturated rings.